The van der Waals surface area contributed by atoms with Crippen molar-refractivity contribution in [1.82, 2.24) is 4.90 Å². The number of aliphatic hydroxyl groups excluding tert-OH is 1. The van der Waals surface area contributed by atoms with Crippen LogP contribution in [0, 0.1) is 13.8 Å². The second kappa shape index (κ2) is 9.58. The quantitative estimate of drug-likeness (QED) is 0.303. The number of aliphatic hydroxyl groups is 1. The Morgan fingerprint density at radius 1 is 1.00 bits per heavy atom. The van der Waals surface area contributed by atoms with Gasteiger partial charge in [0.25, 0.3) is 11.7 Å². The van der Waals surface area contributed by atoms with E-state index in [9.17, 15) is 14.7 Å². The summed E-state index contributed by atoms with van der Waals surface area (Å²) in [5, 5.41) is 11.4. The molecule has 0 saturated carbocycles. The number of likely N-dealkylation sites (tertiary alicyclic amines) is 1. The number of aryl methyl sites for hydroxylation is 2. The monoisotopic (exact) mass is 477 g/mol. The molecule has 1 aliphatic rings. The molecule has 1 aromatic heterocycles. The van der Waals surface area contributed by atoms with Crippen LogP contribution in [-0.4, -0.2) is 43.0 Å². The first-order valence-electron chi connectivity index (χ1n) is 11.0. The summed E-state index contributed by atoms with van der Waals surface area (Å²) in [5.74, 6) is -0.187. The number of ether oxygens (including phenoxy) is 3. The van der Waals surface area contributed by atoms with Crippen molar-refractivity contribution in [2.24, 2.45) is 0 Å². The van der Waals surface area contributed by atoms with E-state index in [2.05, 4.69) is 0 Å². The van der Waals surface area contributed by atoms with Gasteiger partial charge in [0.1, 0.15) is 11.5 Å². The van der Waals surface area contributed by atoms with E-state index in [0.717, 1.165) is 11.1 Å². The molecule has 1 fully saturated rings. The fourth-order valence-corrected chi connectivity index (χ4v) is 4.36. The molecular weight excluding hydrogens is 450 g/mol. The number of ketones is 1. The lowest BCUT2D eigenvalue weighted by Crippen LogP contribution is -2.29. The molecule has 0 bridgehead atoms. The SMILES string of the molecule is COc1cc(C2C(=C(O)c3cc(C)ccc3C)C(=O)C(=O)N2Cc2ccco2)cc(OC)c1OC. The number of Topliss-reactive ketones (excluding diaryl/α,β-unsaturated/α-hetero) is 1. The van der Waals surface area contributed by atoms with E-state index in [-0.39, 0.29) is 17.9 Å². The van der Waals surface area contributed by atoms with Crippen LogP contribution in [0.5, 0.6) is 17.2 Å². The second-order valence-electron chi connectivity index (χ2n) is 8.28. The number of hydrogen-bond donors (Lipinski definition) is 1. The molecule has 1 N–H and O–H groups in total. The van der Waals surface area contributed by atoms with Gasteiger partial charge in [0.15, 0.2) is 11.5 Å². The third kappa shape index (κ3) is 4.23. The largest absolute Gasteiger partial charge is 0.507 e. The van der Waals surface area contributed by atoms with Gasteiger partial charge >= 0.3 is 0 Å². The molecule has 1 atom stereocenters. The predicted octanol–water partition coefficient (Wildman–Crippen LogP) is 4.54. The van der Waals surface area contributed by atoms with Crippen LogP contribution in [0.1, 0.15) is 34.1 Å². The summed E-state index contributed by atoms with van der Waals surface area (Å²) >= 11 is 0. The first kappa shape index (κ1) is 23.9. The van der Waals surface area contributed by atoms with Crippen LogP contribution in [0.25, 0.3) is 5.76 Å². The molecule has 1 aliphatic heterocycles. The predicted molar refractivity (Wildman–Crippen MR) is 129 cm³/mol. The van der Waals surface area contributed by atoms with E-state index < -0.39 is 17.7 Å². The molecule has 2 aromatic carbocycles. The number of carbonyl (C=O) groups is 2. The van der Waals surface area contributed by atoms with Crippen molar-refractivity contribution in [2.75, 3.05) is 21.3 Å². The molecule has 4 rings (SSSR count). The normalized spacial score (nSPS) is 17.1. The number of carbonyl (C=O) groups excluding carboxylic acids is 2. The zero-order valence-electron chi connectivity index (χ0n) is 20.2. The Morgan fingerprint density at radius 2 is 1.69 bits per heavy atom. The van der Waals surface area contributed by atoms with Gasteiger partial charge < -0.3 is 28.6 Å². The number of hydrogen-bond acceptors (Lipinski definition) is 7. The number of benzene rings is 2. The molecule has 35 heavy (non-hydrogen) atoms. The highest BCUT2D eigenvalue weighted by Gasteiger charge is 2.47. The maximum Gasteiger partial charge on any atom is 0.296 e. The van der Waals surface area contributed by atoms with Crippen LogP contribution in [-0.2, 0) is 16.1 Å². The summed E-state index contributed by atoms with van der Waals surface area (Å²) in [6.07, 6.45) is 1.50. The Balaban J connectivity index is 1.98. The highest BCUT2D eigenvalue weighted by atomic mass is 16.5. The van der Waals surface area contributed by atoms with E-state index in [1.165, 1.54) is 32.5 Å². The molecule has 182 valence electrons. The fraction of sp³-hybridized carbons (Fsp3) is 0.259. The van der Waals surface area contributed by atoms with Crippen LogP contribution in [0.2, 0.25) is 0 Å². The molecule has 0 aliphatic carbocycles. The van der Waals surface area contributed by atoms with Gasteiger partial charge in [-0.1, -0.05) is 17.7 Å². The maximum absolute atomic E-state index is 13.3. The van der Waals surface area contributed by atoms with E-state index in [1.807, 2.05) is 26.0 Å². The highest BCUT2D eigenvalue weighted by molar-refractivity contribution is 6.46. The van der Waals surface area contributed by atoms with Crippen molar-refractivity contribution in [3.05, 3.63) is 82.3 Å². The molecule has 1 saturated heterocycles. The van der Waals surface area contributed by atoms with Crippen molar-refractivity contribution in [2.45, 2.75) is 26.4 Å². The summed E-state index contributed by atoms with van der Waals surface area (Å²) in [4.78, 5) is 28.0. The Morgan fingerprint density at radius 3 is 2.26 bits per heavy atom. The average Bonchev–Trinajstić information content (AvgIpc) is 3.46. The van der Waals surface area contributed by atoms with Gasteiger partial charge in [-0.2, -0.15) is 0 Å². The topological polar surface area (TPSA) is 98.4 Å². The van der Waals surface area contributed by atoms with Gasteiger partial charge in [0, 0.05) is 5.56 Å². The van der Waals surface area contributed by atoms with Crippen molar-refractivity contribution in [3.63, 3.8) is 0 Å². The van der Waals surface area contributed by atoms with Crippen molar-refractivity contribution in [3.8, 4) is 17.2 Å². The third-order valence-corrected chi connectivity index (χ3v) is 6.10. The van der Waals surface area contributed by atoms with Gasteiger partial charge in [0.2, 0.25) is 5.75 Å². The third-order valence-electron chi connectivity index (χ3n) is 6.10. The standard InChI is InChI=1S/C27H27NO7/c1-15-8-9-16(2)19(11-15)24(29)22-23(17-12-20(32-3)26(34-5)21(13-17)33-4)28(27(31)25(22)30)14-18-7-6-10-35-18/h6-13,23,29H,14H2,1-5H3. The molecule has 0 radical (unpaired) electrons. The number of rotatable bonds is 7. The van der Waals surface area contributed by atoms with E-state index in [1.54, 1.807) is 30.3 Å². The fourth-order valence-electron chi connectivity index (χ4n) is 4.36. The summed E-state index contributed by atoms with van der Waals surface area (Å²) in [5.41, 5.74) is 2.65. The van der Waals surface area contributed by atoms with Crippen LogP contribution in [0.3, 0.4) is 0 Å². The molecule has 8 nitrogen and oxygen atoms in total. The number of methoxy groups -OCH3 is 3. The molecule has 2 heterocycles. The van der Waals surface area contributed by atoms with E-state index >= 15 is 0 Å². The van der Waals surface area contributed by atoms with Crippen LogP contribution < -0.4 is 14.2 Å². The number of amides is 1. The Labute approximate surface area is 203 Å². The summed E-state index contributed by atoms with van der Waals surface area (Å²) in [6, 6.07) is 11.4. The second-order valence-corrected chi connectivity index (χ2v) is 8.28. The highest BCUT2D eigenvalue weighted by Crippen LogP contribution is 2.46. The Kier molecular flexibility index (Phi) is 6.55. The van der Waals surface area contributed by atoms with Crippen molar-refractivity contribution in [1.29, 1.82) is 0 Å². The van der Waals surface area contributed by atoms with Gasteiger partial charge in [-0.05, 0) is 55.3 Å². The van der Waals surface area contributed by atoms with Gasteiger partial charge in [-0.3, -0.25) is 9.59 Å². The molecule has 1 amide bonds. The van der Waals surface area contributed by atoms with Crippen molar-refractivity contribution >= 4 is 17.4 Å². The van der Waals surface area contributed by atoms with E-state index in [4.69, 9.17) is 18.6 Å². The first-order chi connectivity index (χ1) is 16.8. The minimum atomic E-state index is -0.922. The maximum atomic E-state index is 13.3. The van der Waals surface area contributed by atoms with E-state index in [0.29, 0.717) is 34.1 Å². The molecule has 0 spiro atoms. The minimum absolute atomic E-state index is 0.0236. The van der Waals surface area contributed by atoms with Crippen molar-refractivity contribution < 1.29 is 33.3 Å². The molecule has 3 aromatic rings. The van der Waals surface area contributed by atoms with Crippen LogP contribution in [0.4, 0.5) is 0 Å². The van der Waals surface area contributed by atoms with Gasteiger partial charge in [0.05, 0.1) is 45.8 Å². The zero-order chi connectivity index (χ0) is 25.3. The molecular formula is C27H27NO7. The first-order valence-corrected chi connectivity index (χ1v) is 11.0. The average molecular weight is 478 g/mol. The summed E-state index contributed by atoms with van der Waals surface area (Å²) < 4.78 is 21.9. The minimum Gasteiger partial charge on any atom is -0.507 e. The lowest BCUT2D eigenvalue weighted by atomic mass is 9.93. The molecule has 1 unspecified atom stereocenters. The summed E-state index contributed by atoms with van der Waals surface area (Å²) in [6.45, 7) is 3.76. The summed E-state index contributed by atoms with van der Waals surface area (Å²) in [7, 11) is 4.46. The van der Waals surface area contributed by atoms with Gasteiger partial charge in [-0.15, -0.1) is 0 Å². The lowest BCUT2D eigenvalue weighted by Gasteiger charge is -2.26. The Hall–Kier alpha value is -4.20. The lowest BCUT2D eigenvalue weighted by molar-refractivity contribution is -0.140. The zero-order valence-corrected chi connectivity index (χ0v) is 20.2. The number of nitrogens with zero attached hydrogens (tertiary/aromatic N) is 1. The Bertz CT molecular complexity index is 1280. The van der Waals surface area contributed by atoms with Gasteiger partial charge in [-0.25, -0.2) is 0 Å². The smallest absolute Gasteiger partial charge is 0.296 e. The van der Waals surface area contributed by atoms with Crippen LogP contribution >= 0.6 is 0 Å². The molecule has 8 heteroatoms. The number of furan rings is 1. The van der Waals surface area contributed by atoms with Crippen LogP contribution in [0.15, 0.2) is 58.7 Å².